The molecule has 0 aromatic heterocycles. The van der Waals surface area contributed by atoms with Crippen LogP contribution in [-0.4, -0.2) is 33.2 Å². The van der Waals surface area contributed by atoms with Crippen molar-refractivity contribution in [2.45, 2.75) is 65.8 Å². The van der Waals surface area contributed by atoms with Crippen molar-refractivity contribution in [2.24, 2.45) is 5.92 Å². The molecule has 0 aliphatic heterocycles. The van der Waals surface area contributed by atoms with Crippen LogP contribution in [0, 0.1) is 12.8 Å². The van der Waals surface area contributed by atoms with Gasteiger partial charge in [0.1, 0.15) is 6.04 Å². The van der Waals surface area contributed by atoms with Crippen molar-refractivity contribution in [3.63, 3.8) is 0 Å². The first kappa shape index (κ1) is 22.5. The Morgan fingerprint density at radius 3 is 2.19 bits per heavy atom. The first-order chi connectivity index (χ1) is 12.2. The number of unbranched alkanes of at least 4 members (excludes halogenated alkanes) is 1. The first-order valence-electron chi connectivity index (χ1n) is 9.58. The molecule has 0 aliphatic carbocycles. The van der Waals surface area contributed by atoms with Crippen LogP contribution in [0.25, 0.3) is 0 Å². The van der Waals surface area contributed by atoms with Gasteiger partial charge in [0, 0.05) is 6.54 Å². The molecule has 6 heteroatoms. The van der Waals surface area contributed by atoms with E-state index in [9.17, 15) is 13.2 Å². The summed E-state index contributed by atoms with van der Waals surface area (Å²) in [5, 5.41) is 2.98. The fourth-order valence-corrected chi connectivity index (χ4v) is 4.27. The lowest BCUT2D eigenvalue weighted by molar-refractivity contribution is -0.122. The standard InChI is InChI=1S/C20H34N2O3S/c1-6-9-10-17(7-2)15-21-20(23)19(8-3)22(26(5,24)25)18-13-11-16(4)12-14-18/h11-14,17,19H,6-10,15H2,1-5H3,(H,21,23)/t17-,19+/m0/s1. The van der Waals surface area contributed by atoms with Crippen LogP contribution in [0.1, 0.15) is 58.4 Å². The van der Waals surface area contributed by atoms with Crippen molar-refractivity contribution in [1.82, 2.24) is 5.32 Å². The summed E-state index contributed by atoms with van der Waals surface area (Å²) in [6.45, 7) is 8.66. The molecule has 1 N–H and O–H groups in total. The molecule has 26 heavy (non-hydrogen) atoms. The Hall–Kier alpha value is -1.56. The van der Waals surface area contributed by atoms with E-state index in [1.807, 2.05) is 26.0 Å². The van der Waals surface area contributed by atoms with E-state index in [0.717, 1.165) is 37.5 Å². The average molecular weight is 383 g/mol. The molecular formula is C20H34N2O3S. The Balaban J connectivity index is 2.96. The Morgan fingerprint density at radius 1 is 1.12 bits per heavy atom. The lowest BCUT2D eigenvalue weighted by Gasteiger charge is -2.30. The molecule has 0 bridgehead atoms. The molecule has 0 aliphatic rings. The Morgan fingerprint density at radius 2 is 1.73 bits per heavy atom. The highest BCUT2D eigenvalue weighted by Gasteiger charge is 2.31. The third kappa shape index (κ3) is 6.63. The van der Waals surface area contributed by atoms with Gasteiger partial charge < -0.3 is 5.32 Å². The van der Waals surface area contributed by atoms with Crippen molar-refractivity contribution in [1.29, 1.82) is 0 Å². The van der Waals surface area contributed by atoms with Gasteiger partial charge in [-0.05, 0) is 37.8 Å². The van der Waals surface area contributed by atoms with E-state index < -0.39 is 16.1 Å². The molecule has 0 saturated carbocycles. The second-order valence-electron chi connectivity index (χ2n) is 6.98. The third-order valence-electron chi connectivity index (χ3n) is 4.73. The normalized spacial score (nSPS) is 13.9. The van der Waals surface area contributed by atoms with Gasteiger partial charge in [-0.2, -0.15) is 0 Å². The minimum atomic E-state index is -3.57. The van der Waals surface area contributed by atoms with Gasteiger partial charge >= 0.3 is 0 Å². The van der Waals surface area contributed by atoms with Gasteiger partial charge in [0.15, 0.2) is 0 Å². The molecule has 0 unspecified atom stereocenters. The highest BCUT2D eigenvalue weighted by atomic mass is 32.2. The average Bonchev–Trinajstić information content (AvgIpc) is 2.59. The number of anilines is 1. The van der Waals surface area contributed by atoms with Crippen molar-refractivity contribution in [3.05, 3.63) is 29.8 Å². The van der Waals surface area contributed by atoms with Gasteiger partial charge in [0.05, 0.1) is 11.9 Å². The number of amides is 1. The van der Waals surface area contributed by atoms with Gasteiger partial charge in [-0.25, -0.2) is 8.42 Å². The highest BCUT2D eigenvalue weighted by Crippen LogP contribution is 2.23. The Labute approximate surface area is 159 Å². The highest BCUT2D eigenvalue weighted by molar-refractivity contribution is 7.92. The molecule has 0 spiro atoms. The molecule has 0 radical (unpaired) electrons. The smallest absolute Gasteiger partial charge is 0.243 e. The van der Waals surface area contributed by atoms with Gasteiger partial charge in [-0.1, -0.05) is 57.7 Å². The Bertz CT molecular complexity index is 656. The lowest BCUT2D eigenvalue weighted by Crippen LogP contribution is -2.50. The molecule has 1 rings (SSSR count). The van der Waals surface area contributed by atoms with E-state index >= 15 is 0 Å². The van der Waals surface area contributed by atoms with Crippen LogP contribution in [0.2, 0.25) is 0 Å². The molecular weight excluding hydrogens is 348 g/mol. The second kappa shape index (κ2) is 10.6. The van der Waals surface area contributed by atoms with Crippen LogP contribution in [0.15, 0.2) is 24.3 Å². The molecule has 5 nitrogen and oxygen atoms in total. The summed E-state index contributed by atoms with van der Waals surface area (Å²) >= 11 is 0. The quantitative estimate of drug-likeness (QED) is 0.632. The zero-order chi connectivity index (χ0) is 19.7. The van der Waals surface area contributed by atoms with E-state index in [1.54, 1.807) is 12.1 Å². The number of hydrogen-bond donors (Lipinski definition) is 1. The molecule has 148 valence electrons. The van der Waals surface area contributed by atoms with Crippen LogP contribution >= 0.6 is 0 Å². The summed E-state index contributed by atoms with van der Waals surface area (Å²) in [5.41, 5.74) is 1.57. The number of hydrogen-bond acceptors (Lipinski definition) is 3. The zero-order valence-electron chi connectivity index (χ0n) is 16.8. The number of aryl methyl sites for hydroxylation is 1. The fourth-order valence-electron chi connectivity index (χ4n) is 3.06. The maximum Gasteiger partial charge on any atom is 0.243 e. The molecule has 0 heterocycles. The van der Waals surface area contributed by atoms with Crippen LogP contribution < -0.4 is 9.62 Å². The monoisotopic (exact) mass is 382 g/mol. The van der Waals surface area contributed by atoms with Crippen LogP contribution in [0.3, 0.4) is 0 Å². The van der Waals surface area contributed by atoms with E-state index in [0.29, 0.717) is 24.6 Å². The van der Waals surface area contributed by atoms with Crippen LogP contribution in [0.4, 0.5) is 5.69 Å². The summed E-state index contributed by atoms with van der Waals surface area (Å²) in [5.74, 6) is 0.205. The number of nitrogens with zero attached hydrogens (tertiary/aromatic N) is 1. The molecule has 1 aromatic rings. The molecule has 0 fully saturated rings. The molecule has 2 atom stereocenters. The molecule has 1 amide bonds. The van der Waals surface area contributed by atoms with E-state index in [-0.39, 0.29) is 5.91 Å². The van der Waals surface area contributed by atoms with Gasteiger partial charge in [-0.3, -0.25) is 9.10 Å². The number of rotatable bonds is 11. The number of nitrogens with one attached hydrogen (secondary N) is 1. The summed E-state index contributed by atoms with van der Waals surface area (Å²) in [6.07, 6.45) is 5.93. The topological polar surface area (TPSA) is 66.5 Å². The van der Waals surface area contributed by atoms with Crippen LogP contribution in [0.5, 0.6) is 0 Å². The third-order valence-corrected chi connectivity index (χ3v) is 5.91. The van der Waals surface area contributed by atoms with Crippen molar-refractivity contribution in [2.75, 3.05) is 17.1 Å². The van der Waals surface area contributed by atoms with Gasteiger partial charge in [0.25, 0.3) is 0 Å². The van der Waals surface area contributed by atoms with Crippen molar-refractivity contribution < 1.29 is 13.2 Å². The summed E-state index contributed by atoms with van der Waals surface area (Å²) in [7, 11) is -3.57. The van der Waals surface area contributed by atoms with E-state index in [1.165, 1.54) is 4.31 Å². The lowest BCUT2D eigenvalue weighted by atomic mass is 9.99. The zero-order valence-corrected chi connectivity index (χ0v) is 17.6. The maximum absolute atomic E-state index is 12.8. The number of carbonyl (C=O) groups excluding carboxylic acids is 1. The fraction of sp³-hybridized carbons (Fsp3) is 0.650. The minimum Gasteiger partial charge on any atom is -0.354 e. The predicted octanol–water partition coefficient (Wildman–Crippen LogP) is 3.87. The molecule has 0 saturated heterocycles. The predicted molar refractivity (Wildman–Crippen MR) is 109 cm³/mol. The number of carbonyl (C=O) groups is 1. The SMILES string of the molecule is CCCC[C@H](CC)CNC(=O)[C@@H](CC)N(c1ccc(C)cc1)S(C)(=O)=O. The van der Waals surface area contributed by atoms with E-state index in [4.69, 9.17) is 0 Å². The minimum absolute atomic E-state index is 0.228. The summed E-state index contributed by atoms with van der Waals surface area (Å²) in [4.78, 5) is 12.8. The van der Waals surface area contributed by atoms with Crippen molar-refractivity contribution >= 4 is 21.6 Å². The van der Waals surface area contributed by atoms with Crippen molar-refractivity contribution in [3.8, 4) is 0 Å². The van der Waals surface area contributed by atoms with Gasteiger partial charge in [0.2, 0.25) is 15.9 Å². The second-order valence-corrected chi connectivity index (χ2v) is 8.84. The van der Waals surface area contributed by atoms with Crippen LogP contribution in [-0.2, 0) is 14.8 Å². The first-order valence-corrected chi connectivity index (χ1v) is 11.4. The van der Waals surface area contributed by atoms with Gasteiger partial charge in [-0.15, -0.1) is 0 Å². The van der Waals surface area contributed by atoms with E-state index in [2.05, 4.69) is 19.2 Å². The summed E-state index contributed by atoms with van der Waals surface area (Å²) in [6, 6.07) is 6.48. The largest absolute Gasteiger partial charge is 0.354 e. The summed E-state index contributed by atoms with van der Waals surface area (Å²) < 4.78 is 26.1. The maximum atomic E-state index is 12.8. The number of sulfonamides is 1. The molecule has 1 aromatic carbocycles. The Kier molecular flexibility index (Phi) is 9.13. The number of benzene rings is 1.